The summed E-state index contributed by atoms with van der Waals surface area (Å²) in [6.07, 6.45) is 10.2. The number of aliphatic hydroxyl groups is 2. The van der Waals surface area contributed by atoms with Crippen LogP contribution in [0.3, 0.4) is 0 Å². The molecule has 0 aliphatic heterocycles. The Morgan fingerprint density at radius 2 is 1.73 bits per heavy atom. The maximum atomic E-state index is 11.5. The lowest BCUT2D eigenvalue weighted by atomic mass is 9.48. The van der Waals surface area contributed by atoms with Gasteiger partial charge in [-0.3, -0.25) is 0 Å². The van der Waals surface area contributed by atoms with Gasteiger partial charge in [0.05, 0.1) is 12.2 Å². The summed E-state index contributed by atoms with van der Waals surface area (Å²) in [7, 11) is 0. The van der Waals surface area contributed by atoms with E-state index in [2.05, 4.69) is 20.8 Å². The fraction of sp³-hybridized carbons (Fsp3) is 0.957. The van der Waals surface area contributed by atoms with Crippen LogP contribution >= 0.6 is 0 Å². The lowest BCUT2D eigenvalue weighted by Gasteiger charge is -2.57. The molecule has 0 spiro atoms. The van der Waals surface area contributed by atoms with E-state index in [0.717, 1.165) is 51.2 Å². The van der Waals surface area contributed by atoms with Crippen molar-refractivity contribution in [2.75, 3.05) is 0 Å². The molecular formula is C23H40O3. The van der Waals surface area contributed by atoms with Gasteiger partial charge in [0.2, 0.25) is 0 Å². The van der Waals surface area contributed by atoms with Crippen LogP contribution in [-0.2, 0) is 4.79 Å². The molecule has 0 amide bonds. The van der Waals surface area contributed by atoms with Gasteiger partial charge in [0, 0.05) is 11.3 Å². The number of rotatable bonds is 5. The molecule has 26 heavy (non-hydrogen) atoms. The Balaban J connectivity index is 1.90. The van der Waals surface area contributed by atoms with E-state index in [4.69, 9.17) is 0 Å². The second kappa shape index (κ2) is 7.54. The molecule has 0 heterocycles. The molecular weight excluding hydrogens is 324 g/mol. The van der Waals surface area contributed by atoms with Crippen LogP contribution in [0.4, 0.5) is 0 Å². The van der Waals surface area contributed by atoms with Crippen molar-refractivity contribution in [3.8, 4) is 0 Å². The monoisotopic (exact) mass is 364 g/mol. The van der Waals surface area contributed by atoms with Crippen molar-refractivity contribution in [3.63, 3.8) is 0 Å². The molecule has 7 atom stereocenters. The van der Waals surface area contributed by atoms with E-state index in [1.165, 1.54) is 12.8 Å². The molecule has 3 aliphatic carbocycles. The highest BCUT2D eigenvalue weighted by Gasteiger charge is 2.61. The van der Waals surface area contributed by atoms with Crippen molar-refractivity contribution in [2.24, 2.45) is 40.4 Å². The van der Waals surface area contributed by atoms with E-state index in [1.54, 1.807) is 0 Å². The van der Waals surface area contributed by atoms with Crippen LogP contribution in [0.15, 0.2) is 0 Å². The summed E-state index contributed by atoms with van der Waals surface area (Å²) in [5.74, 6) is 2.10. The molecule has 3 fully saturated rings. The van der Waals surface area contributed by atoms with E-state index in [-0.39, 0.29) is 29.0 Å². The SMILES string of the molecule is CCCC1C(C2(C)CCC(O)CC2)C[C@H](O)[C@@]2(C)C1CC[C@@H]2[C@H](C)C=O. The van der Waals surface area contributed by atoms with Crippen LogP contribution in [0, 0.1) is 40.4 Å². The summed E-state index contributed by atoms with van der Waals surface area (Å²) in [5, 5.41) is 21.3. The average molecular weight is 365 g/mol. The zero-order valence-electron chi connectivity index (χ0n) is 17.3. The molecule has 3 rings (SSSR count). The fourth-order valence-corrected chi connectivity index (χ4v) is 7.47. The van der Waals surface area contributed by atoms with E-state index in [1.807, 2.05) is 6.92 Å². The quantitative estimate of drug-likeness (QED) is 0.701. The number of carbonyl (C=O) groups is 1. The zero-order valence-corrected chi connectivity index (χ0v) is 17.3. The van der Waals surface area contributed by atoms with Crippen molar-refractivity contribution in [3.05, 3.63) is 0 Å². The first-order valence-electron chi connectivity index (χ1n) is 11.1. The first kappa shape index (κ1) is 20.3. The summed E-state index contributed by atoms with van der Waals surface area (Å²) in [6, 6.07) is 0. The minimum Gasteiger partial charge on any atom is -0.393 e. The van der Waals surface area contributed by atoms with Gasteiger partial charge in [-0.25, -0.2) is 0 Å². The number of fused-ring (bicyclic) bond motifs is 1. The molecule has 2 N–H and O–H groups in total. The summed E-state index contributed by atoms with van der Waals surface area (Å²) < 4.78 is 0. The Morgan fingerprint density at radius 1 is 1.08 bits per heavy atom. The summed E-state index contributed by atoms with van der Waals surface area (Å²) in [4.78, 5) is 11.5. The molecule has 0 bridgehead atoms. The standard InChI is InChI=1S/C23H40O3/c1-5-6-17-19-8-7-18(15(2)14-24)23(19,4)21(26)13-20(17)22(3)11-9-16(25)10-12-22/h14-21,25-26H,5-13H2,1-4H3/t15-,16?,17?,18-,19?,20?,21+,22?,23-/m1/s1. The van der Waals surface area contributed by atoms with E-state index in [9.17, 15) is 15.0 Å². The Bertz CT molecular complexity index is 496. The van der Waals surface area contributed by atoms with Gasteiger partial charge in [-0.2, -0.15) is 0 Å². The number of carbonyl (C=O) groups excluding carboxylic acids is 1. The lowest BCUT2D eigenvalue weighted by Crippen LogP contribution is -2.55. The highest BCUT2D eigenvalue weighted by Crippen LogP contribution is 2.64. The molecule has 150 valence electrons. The molecule has 0 aromatic heterocycles. The van der Waals surface area contributed by atoms with Gasteiger partial charge in [-0.15, -0.1) is 0 Å². The average Bonchev–Trinajstić information content (AvgIpc) is 2.98. The first-order valence-corrected chi connectivity index (χ1v) is 11.1. The van der Waals surface area contributed by atoms with Crippen LogP contribution in [0.1, 0.15) is 85.5 Å². The summed E-state index contributed by atoms with van der Waals surface area (Å²) in [5.41, 5.74) is 0.136. The van der Waals surface area contributed by atoms with Gasteiger partial charge in [-0.05, 0) is 74.0 Å². The maximum absolute atomic E-state index is 11.5. The number of hydrogen-bond donors (Lipinski definition) is 2. The molecule has 3 aliphatic rings. The summed E-state index contributed by atoms with van der Waals surface area (Å²) in [6.45, 7) is 9.03. The zero-order chi connectivity index (χ0) is 19.1. The molecule has 3 heteroatoms. The third-order valence-corrected chi connectivity index (χ3v) is 9.08. The predicted octanol–water partition coefficient (Wildman–Crippen LogP) is 4.59. The topological polar surface area (TPSA) is 57.5 Å². The second-order valence-corrected chi connectivity index (χ2v) is 10.3. The van der Waals surface area contributed by atoms with Gasteiger partial charge in [0.1, 0.15) is 6.29 Å². The normalized spacial score (nSPS) is 50.2. The molecule has 0 radical (unpaired) electrons. The molecule has 3 nitrogen and oxygen atoms in total. The van der Waals surface area contributed by atoms with Gasteiger partial charge < -0.3 is 15.0 Å². The van der Waals surface area contributed by atoms with Crippen molar-refractivity contribution >= 4 is 6.29 Å². The van der Waals surface area contributed by atoms with Crippen molar-refractivity contribution < 1.29 is 15.0 Å². The third kappa shape index (κ3) is 3.17. The number of aldehydes is 1. The van der Waals surface area contributed by atoms with Crippen molar-refractivity contribution in [1.82, 2.24) is 0 Å². The Morgan fingerprint density at radius 3 is 2.31 bits per heavy atom. The smallest absolute Gasteiger partial charge is 0.123 e. The highest BCUT2D eigenvalue weighted by molar-refractivity contribution is 5.54. The lowest BCUT2D eigenvalue weighted by molar-refractivity contribution is -0.146. The molecule has 0 aromatic carbocycles. The van der Waals surface area contributed by atoms with Gasteiger partial charge in [0.15, 0.2) is 0 Å². The van der Waals surface area contributed by atoms with Crippen molar-refractivity contribution in [2.45, 2.75) is 97.7 Å². The van der Waals surface area contributed by atoms with Gasteiger partial charge in [0.25, 0.3) is 0 Å². The van der Waals surface area contributed by atoms with Crippen LogP contribution in [0.5, 0.6) is 0 Å². The minimum absolute atomic E-state index is 0.0406. The van der Waals surface area contributed by atoms with Crippen LogP contribution in [0.2, 0.25) is 0 Å². The van der Waals surface area contributed by atoms with Crippen LogP contribution in [0.25, 0.3) is 0 Å². The first-order chi connectivity index (χ1) is 12.3. The molecule has 0 saturated heterocycles. The minimum atomic E-state index is -0.302. The predicted molar refractivity (Wildman–Crippen MR) is 105 cm³/mol. The van der Waals surface area contributed by atoms with Gasteiger partial charge >= 0.3 is 0 Å². The van der Waals surface area contributed by atoms with E-state index < -0.39 is 0 Å². The third-order valence-electron chi connectivity index (χ3n) is 9.08. The van der Waals surface area contributed by atoms with Gasteiger partial charge in [-0.1, -0.05) is 40.5 Å². The molecule has 3 saturated carbocycles. The Kier molecular flexibility index (Phi) is 5.90. The molecule has 3 unspecified atom stereocenters. The van der Waals surface area contributed by atoms with Crippen molar-refractivity contribution in [1.29, 1.82) is 0 Å². The fourth-order valence-electron chi connectivity index (χ4n) is 7.47. The Hall–Kier alpha value is -0.410. The van der Waals surface area contributed by atoms with Crippen LogP contribution < -0.4 is 0 Å². The van der Waals surface area contributed by atoms with Crippen LogP contribution in [-0.4, -0.2) is 28.7 Å². The van der Waals surface area contributed by atoms with E-state index >= 15 is 0 Å². The Labute approximate surface area is 160 Å². The number of hydrogen-bond acceptors (Lipinski definition) is 3. The molecule has 0 aromatic rings. The summed E-state index contributed by atoms with van der Waals surface area (Å²) >= 11 is 0. The largest absolute Gasteiger partial charge is 0.393 e. The second-order valence-electron chi connectivity index (χ2n) is 10.3. The van der Waals surface area contributed by atoms with E-state index in [0.29, 0.717) is 23.7 Å². The highest BCUT2D eigenvalue weighted by atomic mass is 16.3. The number of aliphatic hydroxyl groups excluding tert-OH is 2. The maximum Gasteiger partial charge on any atom is 0.123 e.